The van der Waals surface area contributed by atoms with E-state index in [1.165, 1.54) is 0 Å². The van der Waals surface area contributed by atoms with Crippen molar-refractivity contribution in [3.05, 3.63) is 35.0 Å². The summed E-state index contributed by atoms with van der Waals surface area (Å²) in [6.07, 6.45) is 0. The van der Waals surface area contributed by atoms with Crippen molar-refractivity contribution in [1.82, 2.24) is 4.98 Å². The van der Waals surface area contributed by atoms with Gasteiger partial charge in [-0.25, -0.2) is 0 Å². The molecule has 0 aliphatic heterocycles. The summed E-state index contributed by atoms with van der Waals surface area (Å²) in [5.74, 6) is 0. The highest BCUT2D eigenvalue weighted by Gasteiger charge is 2.07. The van der Waals surface area contributed by atoms with E-state index in [0.717, 1.165) is 22.3 Å². The van der Waals surface area contributed by atoms with E-state index in [-0.39, 0.29) is 0 Å². The zero-order valence-corrected chi connectivity index (χ0v) is 10.1. The van der Waals surface area contributed by atoms with Gasteiger partial charge >= 0.3 is 0 Å². The van der Waals surface area contributed by atoms with Crippen LogP contribution in [0.1, 0.15) is 5.69 Å². The zero-order valence-electron chi connectivity index (χ0n) is 9.37. The van der Waals surface area contributed by atoms with Crippen LogP contribution < -0.4 is 10.6 Å². The van der Waals surface area contributed by atoms with Crippen LogP contribution in [-0.4, -0.2) is 19.1 Å². The third-order valence-corrected chi connectivity index (χ3v) is 2.73. The molecule has 1 heterocycles. The topological polar surface area (TPSA) is 42.1 Å². The molecule has 3 nitrogen and oxygen atoms in total. The summed E-state index contributed by atoms with van der Waals surface area (Å²) in [5.41, 5.74) is 8.51. The van der Waals surface area contributed by atoms with E-state index in [0.29, 0.717) is 11.6 Å². The van der Waals surface area contributed by atoms with Gasteiger partial charge in [0.25, 0.3) is 0 Å². The van der Waals surface area contributed by atoms with Gasteiger partial charge in [0.2, 0.25) is 0 Å². The van der Waals surface area contributed by atoms with E-state index in [4.69, 9.17) is 17.3 Å². The highest BCUT2D eigenvalue weighted by atomic mass is 35.5. The Labute approximate surface area is 99.8 Å². The van der Waals surface area contributed by atoms with Crippen LogP contribution in [0.15, 0.2) is 24.3 Å². The number of hydrogen-bond acceptors (Lipinski definition) is 3. The molecule has 0 saturated heterocycles. The Morgan fingerprint density at radius 3 is 2.69 bits per heavy atom. The maximum absolute atomic E-state index is 5.96. The average Bonchev–Trinajstić information content (AvgIpc) is 2.26. The van der Waals surface area contributed by atoms with Gasteiger partial charge in [0.1, 0.15) is 0 Å². The molecule has 2 rings (SSSR count). The van der Waals surface area contributed by atoms with E-state index >= 15 is 0 Å². The van der Waals surface area contributed by atoms with Crippen LogP contribution >= 0.6 is 11.6 Å². The quantitative estimate of drug-likeness (QED) is 0.869. The molecule has 0 saturated carbocycles. The lowest BCUT2D eigenvalue weighted by atomic mass is 10.1. The smallest absolute Gasteiger partial charge is 0.0741 e. The first kappa shape index (κ1) is 11.2. The molecule has 0 spiro atoms. The lowest BCUT2D eigenvalue weighted by Crippen LogP contribution is -2.11. The summed E-state index contributed by atoms with van der Waals surface area (Å²) in [5, 5.41) is 1.78. The summed E-state index contributed by atoms with van der Waals surface area (Å²) in [6.45, 7) is 0.434. The standard InChI is InChI=1S/C12H14ClN3/c1-16(2)12-6-9(7-14)15-11-5-8(13)3-4-10(11)12/h3-6H,7,14H2,1-2H3. The Balaban J connectivity index is 2.76. The summed E-state index contributed by atoms with van der Waals surface area (Å²) < 4.78 is 0. The highest BCUT2D eigenvalue weighted by molar-refractivity contribution is 6.31. The molecule has 1 aromatic heterocycles. The van der Waals surface area contributed by atoms with Gasteiger partial charge in [-0.05, 0) is 24.3 Å². The van der Waals surface area contributed by atoms with Crippen LogP contribution in [0.4, 0.5) is 5.69 Å². The fourth-order valence-electron chi connectivity index (χ4n) is 1.71. The number of benzene rings is 1. The van der Waals surface area contributed by atoms with Crippen molar-refractivity contribution >= 4 is 28.2 Å². The summed E-state index contributed by atoms with van der Waals surface area (Å²) in [7, 11) is 4.01. The van der Waals surface area contributed by atoms with Crippen molar-refractivity contribution in [3.63, 3.8) is 0 Å². The molecule has 1 aromatic carbocycles. The van der Waals surface area contributed by atoms with Gasteiger partial charge < -0.3 is 10.6 Å². The second-order valence-corrected chi connectivity index (χ2v) is 4.33. The minimum absolute atomic E-state index is 0.434. The van der Waals surface area contributed by atoms with Gasteiger partial charge in [-0.15, -0.1) is 0 Å². The molecule has 0 fully saturated rings. The lowest BCUT2D eigenvalue weighted by molar-refractivity contribution is 0.999. The van der Waals surface area contributed by atoms with Crippen LogP contribution in [0, 0.1) is 0 Å². The van der Waals surface area contributed by atoms with Crippen LogP contribution in [0.2, 0.25) is 5.02 Å². The van der Waals surface area contributed by atoms with Crippen LogP contribution in [0.25, 0.3) is 10.9 Å². The van der Waals surface area contributed by atoms with E-state index in [9.17, 15) is 0 Å². The van der Waals surface area contributed by atoms with Crippen molar-refractivity contribution < 1.29 is 0 Å². The van der Waals surface area contributed by atoms with Crippen LogP contribution in [0.3, 0.4) is 0 Å². The molecule has 16 heavy (non-hydrogen) atoms. The lowest BCUT2D eigenvalue weighted by Gasteiger charge is -2.16. The van der Waals surface area contributed by atoms with Crippen molar-refractivity contribution in [1.29, 1.82) is 0 Å². The number of pyridine rings is 1. The number of nitrogens with zero attached hydrogens (tertiary/aromatic N) is 2. The molecule has 4 heteroatoms. The number of halogens is 1. The fraction of sp³-hybridized carbons (Fsp3) is 0.250. The molecule has 0 amide bonds. The summed E-state index contributed by atoms with van der Waals surface area (Å²) in [4.78, 5) is 6.51. The second kappa shape index (κ2) is 4.28. The van der Waals surface area contributed by atoms with Crippen molar-refractivity contribution in [2.75, 3.05) is 19.0 Å². The molecule has 0 unspecified atom stereocenters. The highest BCUT2D eigenvalue weighted by Crippen LogP contribution is 2.27. The number of aromatic nitrogens is 1. The van der Waals surface area contributed by atoms with Crippen LogP contribution in [0.5, 0.6) is 0 Å². The van der Waals surface area contributed by atoms with Crippen molar-refractivity contribution in [3.8, 4) is 0 Å². The molecule has 0 atom stereocenters. The Hall–Kier alpha value is -1.32. The van der Waals surface area contributed by atoms with Gasteiger partial charge in [0, 0.05) is 36.7 Å². The number of nitrogens with two attached hydrogens (primary N) is 1. The van der Waals surface area contributed by atoms with Gasteiger partial charge in [-0.1, -0.05) is 11.6 Å². The van der Waals surface area contributed by atoms with Gasteiger partial charge in [0.15, 0.2) is 0 Å². The molecule has 0 radical (unpaired) electrons. The van der Waals surface area contributed by atoms with E-state index in [2.05, 4.69) is 9.88 Å². The average molecular weight is 236 g/mol. The summed E-state index contributed by atoms with van der Waals surface area (Å²) >= 11 is 5.96. The van der Waals surface area contributed by atoms with Gasteiger partial charge in [-0.2, -0.15) is 0 Å². The minimum atomic E-state index is 0.434. The van der Waals surface area contributed by atoms with Crippen molar-refractivity contribution in [2.24, 2.45) is 5.73 Å². The summed E-state index contributed by atoms with van der Waals surface area (Å²) in [6, 6.07) is 7.74. The third kappa shape index (κ3) is 1.96. The first-order chi connectivity index (χ1) is 7.61. The van der Waals surface area contributed by atoms with E-state index < -0.39 is 0 Å². The van der Waals surface area contributed by atoms with E-state index in [1.807, 2.05) is 38.4 Å². The largest absolute Gasteiger partial charge is 0.377 e. The Kier molecular flexibility index (Phi) is 2.99. The van der Waals surface area contributed by atoms with Gasteiger partial charge in [-0.3, -0.25) is 4.98 Å². The number of fused-ring (bicyclic) bond motifs is 1. The molecular formula is C12H14ClN3. The second-order valence-electron chi connectivity index (χ2n) is 3.89. The molecule has 2 aromatic rings. The number of rotatable bonds is 2. The number of hydrogen-bond donors (Lipinski definition) is 1. The monoisotopic (exact) mass is 235 g/mol. The molecule has 0 aliphatic rings. The zero-order chi connectivity index (χ0) is 11.7. The Bertz CT molecular complexity index is 523. The third-order valence-electron chi connectivity index (χ3n) is 2.49. The maximum Gasteiger partial charge on any atom is 0.0741 e. The minimum Gasteiger partial charge on any atom is -0.377 e. The first-order valence-corrected chi connectivity index (χ1v) is 5.46. The normalized spacial score (nSPS) is 10.8. The van der Waals surface area contributed by atoms with Crippen LogP contribution in [-0.2, 0) is 6.54 Å². The molecule has 2 N–H and O–H groups in total. The maximum atomic E-state index is 5.96. The van der Waals surface area contributed by atoms with Gasteiger partial charge in [0.05, 0.1) is 11.2 Å². The predicted molar refractivity (Wildman–Crippen MR) is 69.0 cm³/mol. The molecule has 0 bridgehead atoms. The molecule has 0 aliphatic carbocycles. The molecular weight excluding hydrogens is 222 g/mol. The Morgan fingerprint density at radius 2 is 2.06 bits per heavy atom. The Morgan fingerprint density at radius 1 is 1.31 bits per heavy atom. The fourth-order valence-corrected chi connectivity index (χ4v) is 1.88. The SMILES string of the molecule is CN(C)c1cc(CN)nc2cc(Cl)ccc12. The predicted octanol–water partition coefficient (Wildman–Crippen LogP) is 2.41. The van der Waals surface area contributed by atoms with Crippen molar-refractivity contribution in [2.45, 2.75) is 6.54 Å². The number of anilines is 1. The molecule has 84 valence electrons. The first-order valence-electron chi connectivity index (χ1n) is 5.08. The van der Waals surface area contributed by atoms with E-state index in [1.54, 1.807) is 0 Å².